The molecule has 160 valence electrons. The topological polar surface area (TPSA) is 70.3 Å². The number of alkyl halides is 3. The maximum Gasteiger partial charge on any atom is 0.416 e. The van der Waals surface area contributed by atoms with Crippen LogP contribution in [0.25, 0.3) is 0 Å². The number of aliphatic hydroxyl groups is 1. The van der Waals surface area contributed by atoms with Crippen LogP contribution in [0.2, 0.25) is 0 Å². The van der Waals surface area contributed by atoms with Gasteiger partial charge in [-0.1, -0.05) is 47.6 Å². The number of halogens is 3. The molecule has 3 unspecified atom stereocenters. The normalized spacial score (nSPS) is 15.0. The van der Waals surface area contributed by atoms with Gasteiger partial charge in [-0.25, -0.2) is 0 Å². The number of benzene rings is 2. The molecule has 3 N–H and O–H groups in total. The summed E-state index contributed by atoms with van der Waals surface area (Å²) in [6.45, 7) is 0. The molecule has 0 aliphatic rings. The first kappa shape index (κ1) is 22.0. The van der Waals surface area contributed by atoms with Crippen LogP contribution in [0.15, 0.2) is 71.4 Å². The Balaban J connectivity index is 1.76. The Kier molecular flexibility index (Phi) is 7.25. The Morgan fingerprint density at radius 3 is 2.30 bits per heavy atom. The van der Waals surface area contributed by atoms with E-state index in [1.807, 2.05) is 30.3 Å². The van der Waals surface area contributed by atoms with E-state index in [-0.39, 0.29) is 6.04 Å². The smallest absolute Gasteiger partial charge is 0.377 e. The van der Waals surface area contributed by atoms with E-state index in [2.05, 4.69) is 15.8 Å². The number of aryl methyl sites for hydroxylation is 1. The molecule has 8 heteroatoms. The van der Waals surface area contributed by atoms with Gasteiger partial charge < -0.3 is 9.63 Å². The summed E-state index contributed by atoms with van der Waals surface area (Å²) in [6, 6.07) is 15.7. The van der Waals surface area contributed by atoms with Gasteiger partial charge in [-0.15, -0.1) is 0 Å². The molecule has 0 saturated carbocycles. The Morgan fingerprint density at radius 2 is 1.73 bits per heavy atom. The van der Waals surface area contributed by atoms with Crippen molar-refractivity contribution in [2.45, 2.75) is 37.3 Å². The van der Waals surface area contributed by atoms with Crippen LogP contribution >= 0.6 is 0 Å². The van der Waals surface area contributed by atoms with Crippen LogP contribution in [0.3, 0.4) is 0 Å². The highest BCUT2D eigenvalue weighted by Crippen LogP contribution is 2.30. The maximum absolute atomic E-state index is 12.8. The highest BCUT2D eigenvalue weighted by molar-refractivity contribution is 5.25. The molecule has 0 amide bonds. The lowest BCUT2D eigenvalue weighted by Gasteiger charge is -2.28. The summed E-state index contributed by atoms with van der Waals surface area (Å²) < 4.78 is 43.3. The molecule has 0 radical (unpaired) electrons. The molecular formula is C22H24F3N3O2. The zero-order chi connectivity index (χ0) is 21.6. The van der Waals surface area contributed by atoms with Crippen LogP contribution in [0.4, 0.5) is 13.2 Å². The van der Waals surface area contributed by atoms with E-state index in [0.717, 1.165) is 23.3 Å². The van der Waals surface area contributed by atoms with Crippen LogP contribution in [0.5, 0.6) is 0 Å². The van der Waals surface area contributed by atoms with Crippen LogP contribution in [-0.4, -0.2) is 23.5 Å². The molecule has 0 saturated heterocycles. The fourth-order valence-electron chi connectivity index (χ4n) is 3.30. The lowest BCUT2D eigenvalue weighted by atomic mass is 9.98. The van der Waals surface area contributed by atoms with E-state index >= 15 is 0 Å². The standard InChI is InChI=1S/C22H24F3N3O2/c1-26-21(29)20(16-5-3-2-4-6-16)27-18(19-13-14-30-28-19)12-9-15-7-10-17(11-8-15)22(23,24)25/h2-8,10-11,13-14,18,20-21,26-27,29H,9,12H2,1H3. The highest BCUT2D eigenvalue weighted by atomic mass is 19.4. The molecule has 1 heterocycles. The maximum atomic E-state index is 12.8. The van der Waals surface area contributed by atoms with Crippen molar-refractivity contribution in [3.8, 4) is 0 Å². The average Bonchev–Trinajstić information content (AvgIpc) is 3.28. The second kappa shape index (κ2) is 9.88. The molecule has 0 bridgehead atoms. The van der Waals surface area contributed by atoms with Gasteiger partial charge in [0.1, 0.15) is 18.2 Å². The number of likely N-dealkylation sites (N-methyl/N-ethyl adjacent to an activating group) is 1. The monoisotopic (exact) mass is 419 g/mol. The first-order valence-corrected chi connectivity index (χ1v) is 9.61. The second-order valence-electron chi connectivity index (χ2n) is 7.00. The van der Waals surface area contributed by atoms with E-state index in [9.17, 15) is 18.3 Å². The number of aliphatic hydroxyl groups excluding tert-OH is 1. The minimum atomic E-state index is -4.35. The first-order chi connectivity index (χ1) is 14.4. The number of hydrogen-bond donors (Lipinski definition) is 3. The lowest BCUT2D eigenvalue weighted by molar-refractivity contribution is -0.137. The van der Waals surface area contributed by atoms with Crippen LogP contribution in [-0.2, 0) is 12.6 Å². The van der Waals surface area contributed by atoms with Crippen molar-refractivity contribution < 1.29 is 22.8 Å². The molecule has 5 nitrogen and oxygen atoms in total. The van der Waals surface area contributed by atoms with Crippen molar-refractivity contribution >= 4 is 0 Å². The van der Waals surface area contributed by atoms with E-state index < -0.39 is 24.0 Å². The minimum Gasteiger partial charge on any atom is -0.377 e. The zero-order valence-electron chi connectivity index (χ0n) is 16.4. The fourth-order valence-corrected chi connectivity index (χ4v) is 3.30. The average molecular weight is 419 g/mol. The van der Waals surface area contributed by atoms with Gasteiger partial charge in [0.25, 0.3) is 0 Å². The molecule has 3 atom stereocenters. The van der Waals surface area contributed by atoms with Gasteiger partial charge >= 0.3 is 6.18 Å². The Hall–Kier alpha value is -2.68. The van der Waals surface area contributed by atoms with Crippen LogP contribution in [0, 0.1) is 0 Å². The Bertz CT molecular complexity index is 884. The van der Waals surface area contributed by atoms with Crippen molar-refractivity contribution in [2.75, 3.05) is 7.05 Å². The van der Waals surface area contributed by atoms with Crippen molar-refractivity contribution in [3.05, 3.63) is 89.3 Å². The highest BCUT2D eigenvalue weighted by Gasteiger charge is 2.30. The van der Waals surface area contributed by atoms with Gasteiger partial charge in [-0.2, -0.15) is 13.2 Å². The number of rotatable bonds is 9. The quantitative estimate of drug-likeness (QED) is 0.453. The van der Waals surface area contributed by atoms with Crippen LogP contribution in [0.1, 0.15) is 40.9 Å². The van der Waals surface area contributed by atoms with Gasteiger partial charge in [-0.05, 0) is 43.1 Å². The molecule has 0 aliphatic carbocycles. The van der Waals surface area contributed by atoms with Gasteiger partial charge in [0.2, 0.25) is 0 Å². The van der Waals surface area contributed by atoms with Gasteiger partial charge in [-0.3, -0.25) is 10.6 Å². The summed E-state index contributed by atoms with van der Waals surface area (Å²) >= 11 is 0. The Morgan fingerprint density at radius 1 is 1.03 bits per heavy atom. The Labute approximate surface area is 172 Å². The zero-order valence-corrected chi connectivity index (χ0v) is 16.4. The molecule has 1 aromatic heterocycles. The summed E-state index contributed by atoms with van der Waals surface area (Å²) in [5.41, 5.74) is 1.66. The predicted octanol–water partition coefficient (Wildman–Crippen LogP) is 4.24. The first-order valence-electron chi connectivity index (χ1n) is 9.61. The summed E-state index contributed by atoms with van der Waals surface area (Å²) in [6.07, 6.45) is -2.66. The predicted molar refractivity (Wildman–Crippen MR) is 106 cm³/mol. The third-order valence-corrected chi connectivity index (χ3v) is 4.97. The molecule has 0 aliphatic heterocycles. The van der Waals surface area contributed by atoms with Gasteiger partial charge in [0.05, 0.1) is 17.6 Å². The summed E-state index contributed by atoms with van der Waals surface area (Å²) in [7, 11) is 1.66. The molecule has 0 spiro atoms. The second-order valence-corrected chi connectivity index (χ2v) is 7.00. The molecule has 2 aromatic carbocycles. The number of nitrogens with one attached hydrogen (secondary N) is 2. The largest absolute Gasteiger partial charge is 0.416 e. The third kappa shape index (κ3) is 5.69. The summed E-state index contributed by atoms with van der Waals surface area (Å²) in [5.74, 6) is 0. The molecule has 30 heavy (non-hydrogen) atoms. The molecule has 3 aromatic rings. The lowest BCUT2D eigenvalue weighted by Crippen LogP contribution is -2.41. The summed E-state index contributed by atoms with van der Waals surface area (Å²) in [5, 5.41) is 20.8. The van der Waals surface area contributed by atoms with E-state index in [1.54, 1.807) is 13.1 Å². The summed E-state index contributed by atoms with van der Waals surface area (Å²) in [4.78, 5) is 0. The fraction of sp³-hybridized carbons (Fsp3) is 0.318. The minimum absolute atomic E-state index is 0.278. The number of hydrogen-bond acceptors (Lipinski definition) is 5. The molecular weight excluding hydrogens is 395 g/mol. The van der Waals surface area contributed by atoms with Gasteiger partial charge in [0, 0.05) is 6.07 Å². The van der Waals surface area contributed by atoms with E-state index in [0.29, 0.717) is 18.5 Å². The van der Waals surface area contributed by atoms with Crippen molar-refractivity contribution in [1.82, 2.24) is 15.8 Å². The van der Waals surface area contributed by atoms with E-state index in [1.165, 1.54) is 18.4 Å². The van der Waals surface area contributed by atoms with Crippen molar-refractivity contribution in [2.24, 2.45) is 0 Å². The van der Waals surface area contributed by atoms with Crippen LogP contribution < -0.4 is 10.6 Å². The van der Waals surface area contributed by atoms with Crippen molar-refractivity contribution in [3.63, 3.8) is 0 Å². The van der Waals surface area contributed by atoms with E-state index in [4.69, 9.17) is 4.52 Å². The van der Waals surface area contributed by atoms with Gasteiger partial charge in [0.15, 0.2) is 0 Å². The SMILES string of the molecule is CNC(O)C(NC(CCc1ccc(C(F)(F)F)cc1)c1ccon1)c1ccccc1. The van der Waals surface area contributed by atoms with Crippen molar-refractivity contribution in [1.29, 1.82) is 0 Å². The number of nitrogens with zero attached hydrogens (tertiary/aromatic N) is 1. The number of aromatic nitrogens is 1. The molecule has 0 fully saturated rings. The third-order valence-electron chi connectivity index (χ3n) is 4.97. The molecule has 3 rings (SSSR count).